The molecule has 0 bridgehead atoms. The maximum absolute atomic E-state index is 12.1. The third-order valence-electron chi connectivity index (χ3n) is 3.27. The summed E-state index contributed by atoms with van der Waals surface area (Å²) in [4.78, 5) is 16.2. The Balaban J connectivity index is 1.63. The number of benzene rings is 1. The molecule has 2 aromatic heterocycles. The zero-order chi connectivity index (χ0) is 17.6. The molecule has 0 saturated carbocycles. The van der Waals surface area contributed by atoms with E-state index in [2.05, 4.69) is 25.8 Å². The second-order valence-electron chi connectivity index (χ2n) is 5.03. The van der Waals surface area contributed by atoms with Crippen molar-refractivity contribution in [1.29, 1.82) is 0 Å². The molecule has 0 saturated heterocycles. The number of carbonyl (C=O) groups is 1. The Morgan fingerprint density at radius 2 is 1.88 bits per heavy atom. The standard InChI is InChI=1S/C17H13Cl2N5O/c18-12-5-3-6-13(16(12)19)22-15-8-7-14(23-24-15)17(25)21-10-11-4-1-2-9-20-11/h1-9H,10H2,(H,21,25)(H,22,24). The molecular weight excluding hydrogens is 361 g/mol. The van der Waals surface area contributed by atoms with Crippen LogP contribution in [0, 0.1) is 0 Å². The SMILES string of the molecule is O=C(NCc1ccccn1)c1ccc(Nc2cccc(Cl)c2Cl)nn1. The Morgan fingerprint density at radius 3 is 2.60 bits per heavy atom. The van der Waals surface area contributed by atoms with Crippen LogP contribution in [0.2, 0.25) is 10.0 Å². The molecule has 25 heavy (non-hydrogen) atoms. The van der Waals surface area contributed by atoms with Gasteiger partial charge >= 0.3 is 0 Å². The monoisotopic (exact) mass is 373 g/mol. The van der Waals surface area contributed by atoms with E-state index in [4.69, 9.17) is 23.2 Å². The first-order valence-electron chi connectivity index (χ1n) is 7.36. The van der Waals surface area contributed by atoms with Crippen molar-refractivity contribution >= 4 is 40.6 Å². The summed E-state index contributed by atoms with van der Waals surface area (Å²) in [5.74, 6) is 0.121. The minimum Gasteiger partial charge on any atom is -0.345 e. The molecule has 0 unspecified atom stereocenters. The normalized spacial score (nSPS) is 10.3. The van der Waals surface area contributed by atoms with Crippen molar-refractivity contribution < 1.29 is 4.79 Å². The van der Waals surface area contributed by atoms with Gasteiger partial charge in [-0.25, -0.2) is 0 Å². The first-order chi connectivity index (χ1) is 12.1. The van der Waals surface area contributed by atoms with E-state index < -0.39 is 0 Å². The molecule has 0 aliphatic rings. The van der Waals surface area contributed by atoms with Gasteiger partial charge in [-0.2, -0.15) is 0 Å². The molecule has 6 nitrogen and oxygen atoms in total. The summed E-state index contributed by atoms with van der Waals surface area (Å²) in [7, 11) is 0. The Labute approximate surface area is 154 Å². The van der Waals surface area contributed by atoms with Gasteiger partial charge in [0.05, 0.1) is 28.0 Å². The van der Waals surface area contributed by atoms with Crippen molar-refractivity contribution in [1.82, 2.24) is 20.5 Å². The van der Waals surface area contributed by atoms with Crippen LogP contribution in [0.15, 0.2) is 54.7 Å². The number of amides is 1. The van der Waals surface area contributed by atoms with Crippen LogP contribution in [-0.4, -0.2) is 21.1 Å². The zero-order valence-electron chi connectivity index (χ0n) is 12.9. The molecule has 2 heterocycles. The molecule has 0 aliphatic carbocycles. The van der Waals surface area contributed by atoms with Gasteiger partial charge in [0.2, 0.25) is 0 Å². The zero-order valence-corrected chi connectivity index (χ0v) is 14.4. The molecule has 126 valence electrons. The van der Waals surface area contributed by atoms with Crippen LogP contribution < -0.4 is 10.6 Å². The van der Waals surface area contributed by atoms with Crippen LogP contribution in [0.4, 0.5) is 11.5 Å². The summed E-state index contributed by atoms with van der Waals surface area (Å²) >= 11 is 12.1. The predicted octanol–water partition coefficient (Wildman–Crippen LogP) is 3.85. The molecule has 8 heteroatoms. The van der Waals surface area contributed by atoms with E-state index in [-0.39, 0.29) is 11.6 Å². The van der Waals surface area contributed by atoms with E-state index in [9.17, 15) is 4.79 Å². The Hall–Kier alpha value is -2.70. The Morgan fingerprint density at radius 1 is 1.00 bits per heavy atom. The molecule has 3 aromatic rings. The van der Waals surface area contributed by atoms with Crippen LogP contribution in [-0.2, 0) is 6.54 Å². The number of anilines is 2. The van der Waals surface area contributed by atoms with Crippen LogP contribution in [0.5, 0.6) is 0 Å². The van der Waals surface area contributed by atoms with Crippen LogP contribution >= 0.6 is 23.2 Å². The second-order valence-corrected chi connectivity index (χ2v) is 5.82. The molecular formula is C17H13Cl2N5O. The summed E-state index contributed by atoms with van der Waals surface area (Å²) in [6.45, 7) is 0.319. The lowest BCUT2D eigenvalue weighted by molar-refractivity contribution is 0.0944. The maximum atomic E-state index is 12.1. The van der Waals surface area contributed by atoms with Gasteiger partial charge in [0.25, 0.3) is 5.91 Å². The lowest BCUT2D eigenvalue weighted by Gasteiger charge is -2.08. The lowest BCUT2D eigenvalue weighted by atomic mass is 10.3. The van der Waals surface area contributed by atoms with E-state index in [0.717, 1.165) is 5.69 Å². The van der Waals surface area contributed by atoms with Gasteiger partial charge in [0.1, 0.15) is 0 Å². The van der Waals surface area contributed by atoms with E-state index in [1.165, 1.54) is 0 Å². The average molecular weight is 374 g/mol. The fourth-order valence-corrected chi connectivity index (χ4v) is 2.37. The van der Waals surface area contributed by atoms with Gasteiger partial charge in [-0.05, 0) is 36.4 Å². The Bertz CT molecular complexity index is 872. The van der Waals surface area contributed by atoms with Crippen LogP contribution in [0.1, 0.15) is 16.2 Å². The summed E-state index contributed by atoms with van der Waals surface area (Å²) in [6, 6.07) is 13.9. The second kappa shape index (κ2) is 7.92. The quantitative estimate of drug-likeness (QED) is 0.709. The van der Waals surface area contributed by atoms with Gasteiger partial charge in [-0.15, -0.1) is 10.2 Å². The highest BCUT2D eigenvalue weighted by molar-refractivity contribution is 6.43. The summed E-state index contributed by atoms with van der Waals surface area (Å²) in [5, 5.41) is 14.5. The van der Waals surface area contributed by atoms with Crippen molar-refractivity contribution in [3.05, 3.63) is 76.2 Å². The van der Waals surface area contributed by atoms with Crippen LogP contribution in [0.25, 0.3) is 0 Å². The first kappa shape index (κ1) is 17.1. The minimum atomic E-state index is -0.328. The van der Waals surface area contributed by atoms with Gasteiger partial charge in [0.15, 0.2) is 11.5 Å². The topological polar surface area (TPSA) is 79.8 Å². The average Bonchev–Trinajstić information content (AvgIpc) is 2.65. The predicted molar refractivity (Wildman–Crippen MR) is 97.2 cm³/mol. The van der Waals surface area contributed by atoms with Crippen molar-refractivity contribution in [2.75, 3.05) is 5.32 Å². The third kappa shape index (κ3) is 4.43. The lowest BCUT2D eigenvalue weighted by Crippen LogP contribution is -2.24. The van der Waals surface area contributed by atoms with Crippen LogP contribution in [0.3, 0.4) is 0 Å². The largest absolute Gasteiger partial charge is 0.345 e. The molecule has 0 fully saturated rings. The van der Waals surface area contributed by atoms with Gasteiger partial charge in [-0.1, -0.05) is 35.3 Å². The van der Waals surface area contributed by atoms with Crippen molar-refractivity contribution in [3.63, 3.8) is 0 Å². The van der Waals surface area contributed by atoms with Gasteiger partial charge in [0, 0.05) is 6.20 Å². The summed E-state index contributed by atoms with van der Waals surface area (Å²) in [5.41, 5.74) is 1.58. The maximum Gasteiger partial charge on any atom is 0.272 e. The van der Waals surface area contributed by atoms with E-state index in [1.807, 2.05) is 18.2 Å². The summed E-state index contributed by atoms with van der Waals surface area (Å²) < 4.78 is 0. The molecule has 1 amide bonds. The molecule has 0 aliphatic heterocycles. The van der Waals surface area contributed by atoms with E-state index in [1.54, 1.807) is 36.5 Å². The number of rotatable bonds is 5. The number of carbonyl (C=O) groups excluding carboxylic acids is 1. The fraction of sp³-hybridized carbons (Fsp3) is 0.0588. The highest BCUT2D eigenvalue weighted by Crippen LogP contribution is 2.31. The number of nitrogens with one attached hydrogen (secondary N) is 2. The third-order valence-corrected chi connectivity index (χ3v) is 4.09. The highest BCUT2D eigenvalue weighted by Gasteiger charge is 2.10. The van der Waals surface area contributed by atoms with E-state index in [0.29, 0.717) is 28.1 Å². The van der Waals surface area contributed by atoms with Gasteiger partial charge < -0.3 is 10.6 Å². The number of aromatic nitrogens is 3. The molecule has 1 aromatic carbocycles. The Kier molecular flexibility index (Phi) is 5.42. The number of hydrogen-bond acceptors (Lipinski definition) is 5. The molecule has 0 atom stereocenters. The minimum absolute atomic E-state index is 0.207. The molecule has 0 radical (unpaired) electrons. The molecule has 2 N–H and O–H groups in total. The van der Waals surface area contributed by atoms with Crippen molar-refractivity contribution in [3.8, 4) is 0 Å². The smallest absolute Gasteiger partial charge is 0.272 e. The fourth-order valence-electron chi connectivity index (χ4n) is 2.02. The van der Waals surface area contributed by atoms with Gasteiger partial charge in [-0.3, -0.25) is 9.78 Å². The number of hydrogen-bond donors (Lipinski definition) is 2. The summed E-state index contributed by atoms with van der Waals surface area (Å²) in [6.07, 6.45) is 1.67. The number of pyridine rings is 1. The van der Waals surface area contributed by atoms with Crippen molar-refractivity contribution in [2.45, 2.75) is 6.54 Å². The highest BCUT2D eigenvalue weighted by atomic mass is 35.5. The number of halogens is 2. The molecule has 3 rings (SSSR count). The molecule has 0 spiro atoms. The number of nitrogens with zero attached hydrogens (tertiary/aromatic N) is 3. The first-order valence-corrected chi connectivity index (χ1v) is 8.12. The van der Waals surface area contributed by atoms with Crippen molar-refractivity contribution in [2.24, 2.45) is 0 Å². The van der Waals surface area contributed by atoms with E-state index >= 15 is 0 Å².